The number of nitrogens with zero attached hydrogens (tertiary/aromatic N) is 2. The lowest BCUT2D eigenvalue weighted by Gasteiger charge is -2.09. The molecule has 0 radical (unpaired) electrons. The zero-order chi connectivity index (χ0) is 15.6. The van der Waals surface area contributed by atoms with Gasteiger partial charge in [0, 0.05) is 17.2 Å². The Bertz CT molecular complexity index is 756. The quantitative estimate of drug-likeness (QED) is 0.843. The summed E-state index contributed by atoms with van der Waals surface area (Å²) in [4.78, 5) is -0.00986. The van der Waals surface area contributed by atoms with E-state index in [1.54, 1.807) is 12.1 Å². The third kappa shape index (κ3) is 3.56. The molecule has 0 saturated heterocycles. The van der Waals surface area contributed by atoms with Crippen LogP contribution in [0, 0.1) is 6.92 Å². The molecular weight excluding hydrogens is 356 g/mol. The number of hydrogen-bond donors (Lipinski definition) is 2. The van der Waals surface area contributed by atoms with Crippen LogP contribution in [0.2, 0.25) is 0 Å². The van der Waals surface area contributed by atoms with Gasteiger partial charge in [-0.25, -0.2) is 8.42 Å². The molecule has 0 spiro atoms. The van der Waals surface area contributed by atoms with Gasteiger partial charge in [0.1, 0.15) is 4.90 Å². The third-order valence-electron chi connectivity index (χ3n) is 2.86. The van der Waals surface area contributed by atoms with Gasteiger partial charge in [0.05, 0.1) is 5.69 Å². The molecule has 0 bridgehead atoms. The van der Waals surface area contributed by atoms with Crippen LogP contribution in [-0.4, -0.2) is 18.2 Å². The predicted molar refractivity (Wildman–Crippen MR) is 86.6 cm³/mol. The Hall–Kier alpha value is -1.54. The molecule has 1 aromatic heterocycles. The van der Waals surface area contributed by atoms with Gasteiger partial charge in [0.25, 0.3) is 10.0 Å². The van der Waals surface area contributed by atoms with E-state index in [9.17, 15) is 8.42 Å². The van der Waals surface area contributed by atoms with Crippen LogP contribution in [0.1, 0.15) is 18.9 Å². The maximum absolute atomic E-state index is 12.4. The maximum atomic E-state index is 12.4. The van der Waals surface area contributed by atoms with Crippen molar-refractivity contribution in [2.75, 3.05) is 10.5 Å². The highest BCUT2D eigenvalue weighted by Crippen LogP contribution is 2.27. The second-order valence-electron chi connectivity index (χ2n) is 4.73. The van der Waals surface area contributed by atoms with Crippen LogP contribution in [0.3, 0.4) is 0 Å². The van der Waals surface area contributed by atoms with E-state index in [4.69, 9.17) is 5.73 Å². The van der Waals surface area contributed by atoms with E-state index >= 15 is 0 Å². The number of rotatable bonds is 5. The number of nitrogens with two attached hydrogens (primary N) is 1. The van der Waals surface area contributed by atoms with E-state index in [-0.39, 0.29) is 10.7 Å². The van der Waals surface area contributed by atoms with Crippen molar-refractivity contribution in [2.24, 2.45) is 0 Å². The average molecular weight is 373 g/mol. The second kappa shape index (κ2) is 6.07. The lowest BCUT2D eigenvalue weighted by molar-refractivity contribution is 0.595. The highest BCUT2D eigenvalue weighted by molar-refractivity contribution is 9.10. The summed E-state index contributed by atoms with van der Waals surface area (Å²) in [5, 5.41) is 4.01. The van der Waals surface area contributed by atoms with Crippen molar-refractivity contribution in [3.05, 3.63) is 34.4 Å². The highest BCUT2D eigenvalue weighted by Gasteiger charge is 2.22. The van der Waals surface area contributed by atoms with Crippen molar-refractivity contribution in [3.63, 3.8) is 0 Å². The number of nitrogens with one attached hydrogen (secondary N) is 1. The molecule has 0 atom stereocenters. The molecule has 1 heterocycles. The minimum Gasteiger partial charge on any atom is -0.381 e. The van der Waals surface area contributed by atoms with Crippen LogP contribution in [0.5, 0.6) is 0 Å². The average Bonchev–Trinajstić information content (AvgIpc) is 2.76. The number of aryl methyl sites for hydroxylation is 2. The van der Waals surface area contributed by atoms with Gasteiger partial charge in [-0.05, 0) is 47.0 Å². The molecule has 0 fully saturated rings. The van der Waals surface area contributed by atoms with Gasteiger partial charge in [-0.1, -0.05) is 13.0 Å². The van der Waals surface area contributed by atoms with Gasteiger partial charge >= 0.3 is 0 Å². The molecule has 8 heteroatoms. The smallest absolute Gasteiger partial charge is 0.267 e. The molecule has 0 saturated carbocycles. The minimum absolute atomic E-state index is 0.000254. The van der Waals surface area contributed by atoms with Gasteiger partial charge in [-0.3, -0.25) is 9.40 Å². The Morgan fingerprint density at radius 2 is 2.14 bits per heavy atom. The van der Waals surface area contributed by atoms with Crippen LogP contribution < -0.4 is 10.5 Å². The fraction of sp³-hybridized carbons (Fsp3) is 0.308. The van der Waals surface area contributed by atoms with Gasteiger partial charge < -0.3 is 5.73 Å². The summed E-state index contributed by atoms with van der Waals surface area (Å²) in [6.07, 6.45) is 2.29. The van der Waals surface area contributed by atoms with Gasteiger partial charge in [0.2, 0.25) is 0 Å². The summed E-state index contributed by atoms with van der Waals surface area (Å²) in [5.41, 5.74) is 7.14. The number of nitrogen functional groups attached to an aromatic ring is 1. The fourth-order valence-electron chi connectivity index (χ4n) is 1.89. The van der Waals surface area contributed by atoms with Crippen LogP contribution >= 0.6 is 15.9 Å². The van der Waals surface area contributed by atoms with Crippen LogP contribution in [0.25, 0.3) is 0 Å². The van der Waals surface area contributed by atoms with E-state index < -0.39 is 10.0 Å². The topological polar surface area (TPSA) is 90.0 Å². The lowest BCUT2D eigenvalue weighted by Crippen LogP contribution is -2.14. The van der Waals surface area contributed by atoms with Gasteiger partial charge in [0.15, 0.2) is 5.82 Å². The van der Waals surface area contributed by atoms with E-state index in [2.05, 4.69) is 25.8 Å². The van der Waals surface area contributed by atoms with Crippen molar-refractivity contribution >= 4 is 37.5 Å². The molecule has 6 nitrogen and oxygen atoms in total. The minimum atomic E-state index is -3.77. The first-order valence-corrected chi connectivity index (χ1v) is 8.73. The summed E-state index contributed by atoms with van der Waals surface area (Å²) in [5.74, 6) is -0.000254. The summed E-state index contributed by atoms with van der Waals surface area (Å²) in [6, 6.07) is 5.42. The van der Waals surface area contributed by atoms with Crippen molar-refractivity contribution in [1.29, 1.82) is 0 Å². The Morgan fingerprint density at radius 3 is 2.81 bits per heavy atom. The van der Waals surface area contributed by atoms with Crippen molar-refractivity contribution in [1.82, 2.24) is 9.78 Å². The molecule has 114 valence electrons. The third-order valence-corrected chi connectivity index (χ3v) is 4.94. The van der Waals surface area contributed by atoms with Crippen molar-refractivity contribution in [3.8, 4) is 0 Å². The van der Waals surface area contributed by atoms with Crippen molar-refractivity contribution < 1.29 is 8.42 Å². The molecule has 21 heavy (non-hydrogen) atoms. The number of sulfonamides is 1. The van der Waals surface area contributed by atoms with Crippen molar-refractivity contribution in [2.45, 2.75) is 31.7 Å². The normalized spacial score (nSPS) is 11.6. The molecule has 2 rings (SSSR count). The Labute approximate surface area is 132 Å². The van der Waals surface area contributed by atoms with E-state index in [1.807, 2.05) is 19.9 Å². The largest absolute Gasteiger partial charge is 0.381 e. The Balaban J connectivity index is 2.36. The zero-order valence-corrected chi connectivity index (χ0v) is 14.2. The molecule has 0 aliphatic carbocycles. The first kappa shape index (κ1) is 15.8. The van der Waals surface area contributed by atoms with E-state index in [1.165, 1.54) is 10.9 Å². The molecule has 0 aliphatic heterocycles. The second-order valence-corrected chi connectivity index (χ2v) is 7.24. The lowest BCUT2D eigenvalue weighted by atomic mass is 10.2. The van der Waals surface area contributed by atoms with Crippen LogP contribution in [0.4, 0.5) is 11.5 Å². The number of aromatic nitrogens is 2. The number of halogens is 1. The molecule has 1 aromatic carbocycles. The van der Waals surface area contributed by atoms with E-state index in [0.717, 1.165) is 12.0 Å². The zero-order valence-electron chi connectivity index (χ0n) is 11.8. The molecule has 3 N–H and O–H groups in total. The Kier molecular flexibility index (Phi) is 4.58. The Morgan fingerprint density at radius 1 is 1.43 bits per heavy atom. The maximum Gasteiger partial charge on any atom is 0.267 e. The summed E-state index contributed by atoms with van der Waals surface area (Å²) >= 11 is 3.33. The monoisotopic (exact) mass is 372 g/mol. The number of hydrogen-bond acceptors (Lipinski definition) is 4. The van der Waals surface area contributed by atoms with Crippen LogP contribution in [-0.2, 0) is 16.6 Å². The SMILES string of the molecule is CCCn1cc(S(=O)(=O)Nc2cc(C)ccc2Br)c(N)n1. The molecule has 2 aromatic rings. The summed E-state index contributed by atoms with van der Waals surface area (Å²) in [7, 11) is -3.77. The summed E-state index contributed by atoms with van der Waals surface area (Å²) < 4.78 is 29.6. The number of benzene rings is 1. The van der Waals surface area contributed by atoms with Gasteiger partial charge in [-0.2, -0.15) is 5.10 Å². The molecule has 0 aliphatic rings. The summed E-state index contributed by atoms with van der Waals surface area (Å²) in [6.45, 7) is 4.49. The highest BCUT2D eigenvalue weighted by atomic mass is 79.9. The van der Waals surface area contributed by atoms with Gasteiger partial charge in [-0.15, -0.1) is 0 Å². The fourth-order valence-corrected chi connectivity index (χ4v) is 3.51. The van der Waals surface area contributed by atoms with E-state index in [0.29, 0.717) is 16.7 Å². The van der Waals surface area contributed by atoms with Crippen LogP contribution in [0.15, 0.2) is 33.8 Å². The molecular formula is C13H17BrN4O2S. The molecule has 0 unspecified atom stereocenters. The first-order valence-electron chi connectivity index (χ1n) is 6.45. The predicted octanol–water partition coefficient (Wildman–Crippen LogP) is 2.75. The standard InChI is InChI=1S/C13H17BrN4O2S/c1-3-6-18-8-12(13(15)16-18)21(19,20)17-11-7-9(2)4-5-10(11)14/h4-5,7-8,17H,3,6H2,1-2H3,(H2,15,16). The molecule has 0 amide bonds. The first-order chi connectivity index (χ1) is 9.83. The number of anilines is 2.